The summed E-state index contributed by atoms with van der Waals surface area (Å²) in [5, 5.41) is 54.5. The van der Waals surface area contributed by atoms with Crippen molar-refractivity contribution < 1.29 is 39.8 Å². The predicted molar refractivity (Wildman–Crippen MR) is 313 cm³/mol. The van der Waals surface area contributed by atoms with E-state index in [0.29, 0.717) is 6.42 Å². The van der Waals surface area contributed by atoms with E-state index in [1.54, 1.807) is 6.08 Å². The van der Waals surface area contributed by atoms with Crippen molar-refractivity contribution in [2.45, 2.75) is 358 Å². The van der Waals surface area contributed by atoms with Crippen LogP contribution in [0.3, 0.4) is 0 Å². The predicted octanol–water partition coefficient (Wildman–Crippen LogP) is 16.7. The van der Waals surface area contributed by atoms with Crippen LogP contribution in [-0.2, 0) is 14.3 Å². The highest BCUT2D eigenvalue weighted by molar-refractivity contribution is 5.76. The van der Waals surface area contributed by atoms with Crippen LogP contribution in [-0.4, -0.2) is 87.5 Å². The molecule has 0 aliphatic carbocycles. The van der Waals surface area contributed by atoms with Gasteiger partial charge < -0.3 is 40.3 Å². The second-order valence-electron chi connectivity index (χ2n) is 22.5. The van der Waals surface area contributed by atoms with E-state index in [2.05, 4.69) is 43.5 Å². The van der Waals surface area contributed by atoms with Crippen LogP contribution in [0.4, 0.5) is 0 Å². The lowest BCUT2D eigenvalue weighted by Crippen LogP contribution is -2.60. The summed E-state index contributed by atoms with van der Waals surface area (Å²) in [6.45, 7) is 3.79. The minimum Gasteiger partial charge on any atom is -0.394 e. The standard InChI is InChI=1S/C65H123NO8/c1-3-5-7-9-11-13-15-17-19-21-22-23-24-25-26-27-28-29-30-31-32-33-34-35-36-37-39-41-43-45-47-49-51-53-55-61(69)66-58(57-73-65-64(72)63(71)62(70)60(56-67)74-65)59(68)54-52-50-48-46-44-42-40-38-20-18-16-14-12-10-8-6-4-2/h20,38,44,46,52,54,58-60,62-65,67-68,70-72H,3-19,21-37,39-43,45,47-51,53,55-57H2,1-2H3,(H,66,69)/b38-20+,46-44+,54-52+. The molecule has 0 radical (unpaired) electrons. The molecule has 1 aliphatic rings. The first-order valence-corrected chi connectivity index (χ1v) is 32.2. The molecular weight excluding hydrogens is 923 g/mol. The van der Waals surface area contributed by atoms with Crippen LogP contribution in [0.15, 0.2) is 36.5 Å². The summed E-state index contributed by atoms with van der Waals surface area (Å²) >= 11 is 0. The second kappa shape index (κ2) is 54.8. The van der Waals surface area contributed by atoms with Crippen LogP contribution >= 0.6 is 0 Å². The van der Waals surface area contributed by atoms with Gasteiger partial charge in [0.15, 0.2) is 6.29 Å². The number of hydrogen-bond acceptors (Lipinski definition) is 8. The lowest BCUT2D eigenvalue weighted by molar-refractivity contribution is -0.302. The Bertz CT molecular complexity index is 1260. The Morgan fingerprint density at radius 1 is 0.446 bits per heavy atom. The van der Waals surface area contributed by atoms with Gasteiger partial charge in [0.25, 0.3) is 0 Å². The van der Waals surface area contributed by atoms with Gasteiger partial charge in [0.05, 0.1) is 25.4 Å². The number of amides is 1. The van der Waals surface area contributed by atoms with Crippen LogP contribution in [0.1, 0.15) is 316 Å². The Kier molecular flexibility index (Phi) is 52.1. The maximum atomic E-state index is 13.1. The summed E-state index contributed by atoms with van der Waals surface area (Å²) in [5.41, 5.74) is 0. The molecule has 6 N–H and O–H groups in total. The molecule has 1 rings (SSSR count). The lowest BCUT2D eigenvalue weighted by atomic mass is 9.99. The van der Waals surface area contributed by atoms with Crippen molar-refractivity contribution in [3.05, 3.63) is 36.5 Å². The molecule has 9 nitrogen and oxygen atoms in total. The van der Waals surface area contributed by atoms with Crippen molar-refractivity contribution in [3.8, 4) is 0 Å². The number of rotatable bonds is 56. The van der Waals surface area contributed by atoms with Gasteiger partial charge in [-0.2, -0.15) is 0 Å². The minimum absolute atomic E-state index is 0.185. The normalized spacial score (nSPS) is 19.1. The fourth-order valence-corrected chi connectivity index (χ4v) is 10.4. The third-order valence-electron chi connectivity index (χ3n) is 15.4. The van der Waals surface area contributed by atoms with E-state index in [1.807, 2.05) is 6.08 Å². The number of carbonyl (C=O) groups excluding carboxylic acids is 1. The molecule has 9 heteroatoms. The molecule has 0 aromatic carbocycles. The first-order valence-electron chi connectivity index (χ1n) is 32.2. The highest BCUT2D eigenvalue weighted by atomic mass is 16.7. The molecule has 436 valence electrons. The van der Waals surface area contributed by atoms with Gasteiger partial charge in [0.1, 0.15) is 24.4 Å². The minimum atomic E-state index is -1.57. The van der Waals surface area contributed by atoms with E-state index in [9.17, 15) is 30.3 Å². The van der Waals surface area contributed by atoms with E-state index in [1.165, 1.54) is 250 Å². The van der Waals surface area contributed by atoms with Gasteiger partial charge in [0.2, 0.25) is 5.91 Å². The highest BCUT2D eigenvalue weighted by Crippen LogP contribution is 2.23. The molecule has 0 aromatic heterocycles. The average molecular weight is 1050 g/mol. The summed E-state index contributed by atoms with van der Waals surface area (Å²) < 4.78 is 11.3. The summed E-state index contributed by atoms with van der Waals surface area (Å²) in [6.07, 6.45) is 65.4. The van der Waals surface area contributed by atoms with Crippen molar-refractivity contribution in [2.75, 3.05) is 13.2 Å². The molecule has 1 heterocycles. The first-order chi connectivity index (χ1) is 36.3. The number of allylic oxidation sites excluding steroid dienone is 5. The van der Waals surface area contributed by atoms with Gasteiger partial charge >= 0.3 is 0 Å². The third-order valence-corrected chi connectivity index (χ3v) is 15.4. The van der Waals surface area contributed by atoms with Gasteiger partial charge in [-0.05, 0) is 44.9 Å². The quantitative estimate of drug-likeness (QED) is 0.0261. The molecule has 7 atom stereocenters. The summed E-state index contributed by atoms with van der Waals surface area (Å²) in [7, 11) is 0. The molecule has 0 spiro atoms. The molecular formula is C65H123NO8. The molecule has 1 amide bonds. The van der Waals surface area contributed by atoms with Crippen LogP contribution in [0.5, 0.6) is 0 Å². The Balaban J connectivity index is 2.11. The number of nitrogens with one attached hydrogen (secondary N) is 1. The number of unbranched alkanes of at least 4 members (excludes halogenated alkanes) is 42. The largest absolute Gasteiger partial charge is 0.394 e. The van der Waals surface area contributed by atoms with Gasteiger partial charge in [-0.1, -0.05) is 301 Å². The molecule has 0 saturated carbocycles. The van der Waals surface area contributed by atoms with Gasteiger partial charge in [-0.3, -0.25) is 4.79 Å². The van der Waals surface area contributed by atoms with E-state index < -0.39 is 49.5 Å². The zero-order valence-electron chi connectivity index (χ0n) is 48.6. The molecule has 1 aliphatic heterocycles. The number of carbonyl (C=O) groups is 1. The number of aliphatic hydroxyl groups excluding tert-OH is 5. The number of ether oxygens (including phenoxy) is 2. The molecule has 0 aromatic rings. The maximum Gasteiger partial charge on any atom is 0.220 e. The summed E-state index contributed by atoms with van der Waals surface area (Å²) in [5.74, 6) is -0.185. The van der Waals surface area contributed by atoms with E-state index in [4.69, 9.17) is 9.47 Å². The first kappa shape index (κ1) is 70.4. The van der Waals surface area contributed by atoms with E-state index in [-0.39, 0.29) is 12.5 Å². The second-order valence-corrected chi connectivity index (χ2v) is 22.5. The van der Waals surface area contributed by atoms with Crippen molar-refractivity contribution in [1.29, 1.82) is 0 Å². The van der Waals surface area contributed by atoms with Crippen LogP contribution < -0.4 is 5.32 Å². The summed E-state index contributed by atoms with van der Waals surface area (Å²) in [6, 6.07) is -0.826. The SMILES string of the molecule is CCCCCCCCC/C=C/CC/C=C/CC/C=C/C(O)C(COC1OC(CO)C(O)C(O)C1O)NC(=O)CCCCCCCCCCCCCCCCCCCCCCCCCCCCCCCCCCCC. The van der Waals surface area contributed by atoms with Crippen molar-refractivity contribution in [2.24, 2.45) is 0 Å². The van der Waals surface area contributed by atoms with Gasteiger partial charge in [-0.25, -0.2) is 0 Å². The Morgan fingerprint density at radius 3 is 1.14 bits per heavy atom. The van der Waals surface area contributed by atoms with Crippen molar-refractivity contribution in [1.82, 2.24) is 5.32 Å². The van der Waals surface area contributed by atoms with E-state index >= 15 is 0 Å². The number of aliphatic hydroxyl groups is 5. The molecule has 1 fully saturated rings. The molecule has 1 saturated heterocycles. The average Bonchev–Trinajstić information content (AvgIpc) is 3.40. The zero-order valence-corrected chi connectivity index (χ0v) is 48.6. The molecule has 74 heavy (non-hydrogen) atoms. The zero-order chi connectivity index (χ0) is 53.6. The smallest absolute Gasteiger partial charge is 0.220 e. The van der Waals surface area contributed by atoms with Crippen molar-refractivity contribution in [3.63, 3.8) is 0 Å². The van der Waals surface area contributed by atoms with Crippen LogP contribution in [0.2, 0.25) is 0 Å². The number of hydrogen-bond donors (Lipinski definition) is 6. The fourth-order valence-electron chi connectivity index (χ4n) is 10.4. The van der Waals surface area contributed by atoms with Gasteiger partial charge in [0, 0.05) is 6.42 Å². The Hall–Kier alpha value is -1.59. The van der Waals surface area contributed by atoms with E-state index in [0.717, 1.165) is 44.9 Å². The van der Waals surface area contributed by atoms with Crippen LogP contribution in [0, 0.1) is 0 Å². The molecule has 7 unspecified atom stereocenters. The lowest BCUT2D eigenvalue weighted by Gasteiger charge is -2.40. The van der Waals surface area contributed by atoms with Crippen molar-refractivity contribution >= 4 is 5.91 Å². The maximum absolute atomic E-state index is 13.1. The molecule has 0 bridgehead atoms. The van der Waals surface area contributed by atoms with Crippen LogP contribution in [0.25, 0.3) is 0 Å². The Labute approximate surface area is 457 Å². The topological polar surface area (TPSA) is 149 Å². The van der Waals surface area contributed by atoms with Gasteiger partial charge in [-0.15, -0.1) is 0 Å². The Morgan fingerprint density at radius 2 is 0.770 bits per heavy atom. The third kappa shape index (κ3) is 43.4. The highest BCUT2D eigenvalue weighted by Gasteiger charge is 2.44. The summed E-state index contributed by atoms with van der Waals surface area (Å²) in [4.78, 5) is 13.1. The fraction of sp³-hybridized carbons (Fsp3) is 0.892. The monoisotopic (exact) mass is 1050 g/mol.